The van der Waals surface area contributed by atoms with Crippen LogP contribution in [0.25, 0.3) is 0 Å². The fraction of sp³-hybridized carbons (Fsp3) is 0.667. The zero-order valence-electron chi connectivity index (χ0n) is 14.4. The summed E-state index contributed by atoms with van der Waals surface area (Å²) in [6.45, 7) is 3.91. The molecule has 2 spiro atoms. The number of quaternary nitrogens is 1. The number of ether oxygens (including phenoxy) is 1. The van der Waals surface area contributed by atoms with E-state index in [1.165, 1.54) is 74.6 Å². The Morgan fingerprint density at radius 1 is 0.880 bits per heavy atom. The number of hydrogen-bond donors (Lipinski definition) is 0. The second-order valence-electron chi connectivity index (χ2n) is 7.53. The van der Waals surface area contributed by atoms with Crippen molar-refractivity contribution in [2.24, 2.45) is 0 Å². The van der Waals surface area contributed by atoms with Gasteiger partial charge >= 0.3 is 0 Å². The van der Waals surface area contributed by atoms with Gasteiger partial charge in [-0.25, -0.2) is 18.6 Å². The highest BCUT2D eigenvalue weighted by atomic mass is 35.7. The van der Waals surface area contributed by atoms with Crippen molar-refractivity contribution in [3.63, 3.8) is 0 Å². The van der Waals surface area contributed by atoms with Crippen LogP contribution in [0.4, 0.5) is 0 Å². The van der Waals surface area contributed by atoms with Crippen molar-refractivity contribution < 1.29 is 38.1 Å². The van der Waals surface area contributed by atoms with Crippen molar-refractivity contribution in [1.82, 2.24) is 0 Å². The van der Waals surface area contributed by atoms with Gasteiger partial charge in [-0.2, -0.15) is 0 Å². The highest BCUT2D eigenvalue weighted by Crippen LogP contribution is 2.50. The average molecular weight is 372 g/mol. The first-order valence-electron chi connectivity index (χ1n) is 9.02. The van der Waals surface area contributed by atoms with Crippen LogP contribution in [0.5, 0.6) is 0 Å². The molecule has 1 atom stereocenters. The van der Waals surface area contributed by atoms with Gasteiger partial charge in [0, 0.05) is 18.4 Å². The molecule has 3 aliphatic rings. The van der Waals surface area contributed by atoms with Crippen molar-refractivity contribution in [3.8, 4) is 0 Å². The summed E-state index contributed by atoms with van der Waals surface area (Å²) in [5.74, 6) is 0. The average Bonchev–Trinajstić information content (AvgIpc) is 3.13. The summed E-state index contributed by atoms with van der Waals surface area (Å²) in [7, 11) is -4.94. The summed E-state index contributed by atoms with van der Waals surface area (Å²) in [4.78, 5) is 0. The van der Waals surface area contributed by atoms with Crippen LogP contribution >= 0.6 is 0 Å². The second-order valence-corrected chi connectivity index (χ2v) is 8.29. The lowest BCUT2D eigenvalue weighted by Crippen LogP contribution is -2.68. The van der Waals surface area contributed by atoms with E-state index in [2.05, 4.69) is 30.3 Å². The maximum absolute atomic E-state index is 8.49. The van der Waals surface area contributed by atoms with Gasteiger partial charge in [-0.1, -0.05) is 49.6 Å². The minimum atomic E-state index is -4.94. The van der Waals surface area contributed by atoms with Crippen molar-refractivity contribution >= 4 is 0 Å². The van der Waals surface area contributed by atoms with Crippen LogP contribution in [0.15, 0.2) is 30.3 Å². The number of hydrogen-bond acceptors (Lipinski definition) is 5. The van der Waals surface area contributed by atoms with Crippen LogP contribution in [-0.4, -0.2) is 29.7 Å². The maximum Gasteiger partial charge on any atom is 0.220 e. The van der Waals surface area contributed by atoms with E-state index >= 15 is 0 Å². The summed E-state index contributed by atoms with van der Waals surface area (Å²) in [6.07, 6.45) is 9.76. The molecule has 4 rings (SSSR count). The van der Waals surface area contributed by atoms with E-state index in [-0.39, 0.29) is 5.60 Å². The van der Waals surface area contributed by atoms with Crippen LogP contribution in [0, 0.1) is 10.2 Å². The summed E-state index contributed by atoms with van der Waals surface area (Å²) >= 11 is 0. The first kappa shape index (κ1) is 19.0. The molecule has 2 heterocycles. The largest absolute Gasteiger partial charge is 0.313 e. The molecule has 0 N–H and O–H groups in total. The minimum Gasteiger partial charge on any atom is -0.313 e. The predicted molar refractivity (Wildman–Crippen MR) is 80.2 cm³/mol. The topological polar surface area (TPSA) is 101 Å². The van der Waals surface area contributed by atoms with E-state index in [1.54, 1.807) is 0 Å². The summed E-state index contributed by atoms with van der Waals surface area (Å²) in [5, 5.41) is 0. The van der Waals surface area contributed by atoms with Crippen LogP contribution in [-0.2, 0) is 4.74 Å². The molecule has 0 radical (unpaired) electrons. The van der Waals surface area contributed by atoms with Gasteiger partial charge in [0.2, 0.25) is 6.23 Å². The van der Waals surface area contributed by atoms with E-state index in [0.29, 0.717) is 6.23 Å². The molecule has 1 aromatic carbocycles. The second kappa shape index (κ2) is 7.48. The third-order valence-corrected chi connectivity index (χ3v) is 5.77. The van der Waals surface area contributed by atoms with Gasteiger partial charge < -0.3 is 4.74 Å². The van der Waals surface area contributed by atoms with E-state index in [1.807, 2.05) is 0 Å². The molecule has 2 aliphatic heterocycles. The Morgan fingerprint density at radius 2 is 1.44 bits per heavy atom. The molecule has 1 aromatic rings. The molecular weight excluding hydrogens is 346 g/mol. The number of benzene rings is 1. The first-order chi connectivity index (χ1) is 11.8. The summed E-state index contributed by atoms with van der Waals surface area (Å²) < 4.78 is 42.0. The quantitative estimate of drug-likeness (QED) is 0.606. The Hall–Kier alpha value is -0.730. The van der Waals surface area contributed by atoms with Gasteiger partial charge in [-0.05, 0) is 12.8 Å². The molecule has 25 heavy (non-hydrogen) atoms. The molecule has 0 aromatic heterocycles. The molecule has 0 bridgehead atoms. The zero-order chi connectivity index (χ0) is 18.0. The molecule has 3 fully saturated rings. The lowest BCUT2D eigenvalue weighted by molar-refractivity contribution is -2.00. The maximum atomic E-state index is 8.49. The Morgan fingerprint density at radius 3 is 2.00 bits per heavy atom. The molecule has 6 nitrogen and oxygen atoms in total. The van der Waals surface area contributed by atoms with Crippen LogP contribution in [0.2, 0.25) is 0 Å². The molecule has 140 valence electrons. The molecule has 1 aliphatic carbocycles. The zero-order valence-corrected chi connectivity index (χ0v) is 15.2. The van der Waals surface area contributed by atoms with Gasteiger partial charge in [-0.3, -0.25) is 4.48 Å². The van der Waals surface area contributed by atoms with E-state index in [4.69, 9.17) is 23.4 Å². The van der Waals surface area contributed by atoms with Crippen LogP contribution in [0.1, 0.15) is 56.7 Å². The third-order valence-electron chi connectivity index (χ3n) is 5.77. The fourth-order valence-electron chi connectivity index (χ4n) is 4.87. The molecule has 1 unspecified atom stereocenters. The summed E-state index contributed by atoms with van der Waals surface area (Å²) in [6, 6.07) is 11.0. The van der Waals surface area contributed by atoms with Crippen molar-refractivity contribution in [2.75, 3.05) is 19.6 Å². The SMILES string of the molecule is [O-][Cl+3]([O-])([O-])[O-].c1ccc(C2OC3(CCCCC3)C[N+]23CCCC3)cc1. The van der Waals surface area contributed by atoms with Gasteiger partial charge in [-0.15, -0.1) is 10.2 Å². The van der Waals surface area contributed by atoms with Gasteiger partial charge in [0.25, 0.3) is 0 Å². The molecule has 1 saturated carbocycles. The lowest BCUT2D eigenvalue weighted by atomic mass is 9.84. The molecular formula is C18H26ClNO5. The lowest BCUT2D eigenvalue weighted by Gasteiger charge is -2.34. The normalized spacial score (nSPS) is 27.3. The Labute approximate surface area is 151 Å². The Balaban J connectivity index is 0.000000324. The van der Waals surface area contributed by atoms with Crippen molar-refractivity contribution in [2.45, 2.75) is 56.8 Å². The molecule has 0 amide bonds. The predicted octanol–water partition coefficient (Wildman–Crippen LogP) is -0.727. The van der Waals surface area contributed by atoms with Gasteiger partial charge in [0.05, 0.1) is 13.1 Å². The smallest absolute Gasteiger partial charge is 0.220 e. The highest BCUT2D eigenvalue weighted by molar-refractivity contribution is 5.17. The van der Waals surface area contributed by atoms with E-state index in [0.717, 1.165) is 0 Å². The Kier molecular flexibility index (Phi) is 5.70. The van der Waals surface area contributed by atoms with E-state index in [9.17, 15) is 0 Å². The Bertz CT molecular complexity index is 544. The summed E-state index contributed by atoms with van der Waals surface area (Å²) in [5.41, 5.74) is 1.60. The number of nitrogens with zero attached hydrogens (tertiary/aromatic N) is 1. The van der Waals surface area contributed by atoms with Crippen molar-refractivity contribution in [1.29, 1.82) is 0 Å². The fourth-order valence-corrected chi connectivity index (χ4v) is 4.87. The van der Waals surface area contributed by atoms with E-state index < -0.39 is 10.2 Å². The first-order valence-corrected chi connectivity index (χ1v) is 10.3. The van der Waals surface area contributed by atoms with Gasteiger partial charge in [0.1, 0.15) is 12.1 Å². The highest BCUT2D eigenvalue weighted by Gasteiger charge is 2.57. The standard InChI is InChI=1S/C18H26NO.ClHO4/c1-3-9-16(10-4-1)17-19(13-7-8-14-19)15-18(20-17)11-5-2-6-12-18;2-1(3,4)5/h1,3-4,9-10,17H,2,5-8,11-15H2;(H,2,3,4,5)/q+1;/p-1. The third kappa shape index (κ3) is 4.71. The van der Waals surface area contributed by atoms with Crippen LogP contribution in [0.3, 0.4) is 0 Å². The van der Waals surface area contributed by atoms with Crippen molar-refractivity contribution in [3.05, 3.63) is 35.9 Å². The minimum absolute atomic E-state index is 0.198. The molecule has 7 heteroatoms. The number of halogens is 1. The van der Waals surface area contributed by atoms with Gasteiger partial charge in [0.15, 0.2) is 0 Å². The molecule has 2 saturated heterocycles. The monoisotopic (exact) mass is 371 g/mol. The number of rotatable bonds is 1. The van der Waals surface area contributed by atoms with Crippen LogP contribution < -0.4 is 18.6 Å².